The quantitative estimate of drug-likeness (QED) is 0.290. The summed E-state index contributed by atoms with van der Waals surface area (Å²) in [7, 11) is 0. The Kier molecular flexibility index (Phi) is 9.87. The second kappa shape index (κ2) is 9.96. The third-order valence-corrected chi connectivity index (χ3v) is 2.42. The molecule has 5 N–H and O–H groups in total. The molecular weight excluding hydrogens is 162 g/mol. The Morgan fingerprint density at radius 3 is 2.23 bits per heavy atom. The summed E-state index contributed by atoms with van der Waals surface area (Å²) in [5.41, 5.74) is 8.11. The van der Waals surface area contributed by atoms with Gasteiger partial charge in [-0.25, -0.2) is 0 Å². The van der Waals surface area contributed by atoms with Crippen molar-refractivity contribution < 1.29 is 0 Å². The summed E-state index contributed by atoms with van der Waals surface area (Å²) in [6.45, 7) is 4.10. The summed E-state index contributed by atoms with van der Waals surface area (Å²) in [4.78, 5) is 0. The summed E-state index contributed by atoms with van der Waals surface area (Å²) in [6, 6.07) is 0. The van der Waals surface area contributed by atoms with Crippen molar-refractivity contribution in [2.75, 3.05) is 13.1 Å². The summed E-state index contributed by atoms with van der Waals surface area (Å²) in [5.74, 6) is 6.03. The van der Waals surface area contributed by atoms with E-state index in [0.717, 1.165) is 19.0 Å². The Balaban J connectivity index is 3.05. The monoisotopic (exact) mass is 187 g/mol. The maximum Gasteiger partial charge on any atom is 0.00974 e. The highest BCUT2D eigenvalue weighted by molar-refractivity contribution is 4.55. The standard InChI is InChI=1S/C10H25N3/c1-10(6-2-4-8-11)7-3-5-9-13-12/h10,13H,2-9,11-12H2,1H3. The first kappa shape index (κ1) is 12.9. The lowest BCUT2D eigenvalue weighted by Crippen LogP contribution is -2.22. The zero-order chi connectivity index (χ0) is 9.94. The smallest absolute Gasteiger partial charge is 0.00974 e. The molecule has 3 heteroatoms. The Hall–Kier alpha value is -0.120. The molecule has 0 aromatic heterocycles. The van der Waals surface area contributed by atoms with Crippen LogP contribution in [0.3, 0.4) is 0 Å². The predicted molar refractivity (Wildman–Crippen MR) is 58.1 cm³/mol. The fourth-order valence-electron chi connectivity index (χ4n) is 1.50. The first-order chi connectivity index (χ1) is 6.31. The van der Waals surface area contributed by atoms with Gasteiger partial charge in [0, 0.05) is 6.54 Å². The molecule has 0 bridgehead atoms. The number of hydrogen-bond donors (Lipinski definition) is 3. The van der Waals surface area contributed by atoms with Crippen LogP contribution in [0.1, 0.15) is 45.4 Å². The molecule has 0 saturated carbocycles. The summed E-state index contributed by atoms with van der Waals surface area (Å²) < 4.78 is 0. The van der Waals surface area contributed by atoms with Crippen LogP contribution in [-0.4, -0.2) is 13.1 Å². The van der Waals surface area contributed by atoms with Crippen molar-refractivity contribution in [3.63, 3.8) is 0 Å². The Morgan fingerprint density at radius 2 is 1.69 bits per heavy atom. The van der Waals surface area contributed by atoms with Crippen LogP contribution >= 0.6 is 0 Å². The Labute approximate surface area is 82.2 Å². The van der Waals surface area contributed by atoms with Gasteiger partial charge in [0.05, 0.1) is 0 Å². The van der Waals surface area contributed by atoms with Gasteiger partial charge < -0.3 is 5.73 Å². The van der Waals surface area contributed by atoms with Gasteiger partial charge in [-0.2, -0.15) is 0 Å². The molecule has 0 saturated heterocycles. The molecule has 0 fully saturated rings. The molecule has 0 aromatic carbocycles. The number of nitrogens with two attached hydrogens (primary N) is 2. The molecular formula is C10H25N3. The fraction of sp³-hybridized carbons (Fsp3) is 1.00. The van der Waals surface area contributed by atoms with E-state index in [2.05, 4.69) is 12.3 Å². The molecule has 0 amide bonds. The largest absolute Gasteiger partial charge is 0.330 e. The average molecular weight is 187 g/mol. The summed E-state index contributed by atoms with van der Waals surface area (Å²) in [6.07, 6.45) is 7.59. The van der Waals surface area contributed by atoms with E-state index in [4.69, 9.17) is 11.6 Å². The van der Waals surface area contributed by atoms with E-state index in [1.54, 1.807) is 0 Å². The molecule has 13 heavy (non-hydrogen) atoms. The zero-order valence-electron chi connectivity index (χ0n) is 8.89. The first-order valence-corrected chi connectivity index (χ1v) is 5.44. The van der Waals surface area contributed by atoms with E-state index < -0.39 is 0 Å². The second-order valence-corrected chi connectivity index (χ2v) is 3.84. The van der Waals surface area contributed by atoms with Gasteiger partial charge in [-0.3, -0.25) is 11.3 Å². The van der Waals surface area contributed by atoms with Crippen molar-refractivity contribution in [2.45, 2.75) is 45.4 Å². The van der Waals surface area contributed by atoms with Gasteiger partial charge in [-0.05, 0) is 25.3 Å². The molecule has 1 unspecified atom stereocenters. The van der Waals surface area contributed by atoms with Gasteiger partial charge in [0.15, 0.2) is 0 Å². The molecule has 0 aliphatic rings. The third kappa shape index (κ3) is 9.80. The lowest BCUT2D eigenvalue weighted by atomic mass is 9.98. The van der Waals surface area contributed by atoms with Crippen LogP contribution in [0.25, 0.3) is 0 Å². The van der Waals surface area contributed by atoms with Gasteiger partial charge in [-0.15, -0.1) is 0 Å². The molecule has 0 heterocycles. The van der Waals surface area contributed by atoms with E-state index in [1.165, 1.54) is 38.5 Å². The van der Waals surface area contributed by atoms with E-state index >= 15 is 0 Å². The lowest BCUT2D eigenvalue weighted by Gasteiger charge is -2.10. The summed E-state index contributed by atoms with van der Waals surface area (Å²) in [5, 5.41) is 0. The number of nitrogens with one attached hydrogen (secondary N) is 1. The van der Waals surface area contributed by atoms with Crippen LogP contribution in [0.2, 0.25) is 0 Å². The maximum atomic E-state index is 5.43. The topological polar surface area (TPSA) is 64.1 Å². The van der Waals surface area contributed by atoms with Crippen molar-refractivity contribution in [2.24, 2.45) is 17.5 Å². The van der Waals surface area contributed by atoms with Crippen LogP contribution in [0, 0.1) is 5.92 Å². The molecule has 0 spiro atoms. The van der Waals surface area contributed by atoms with Gasteiger partial charge in [0.25, 0.3) is 0 Å². The van der Waals surface area contributed by atoms with E-state index in [-0.39, 0.29) is 0 Å². The number of hydrogen-bond acceptors (Lipinski definition) is 3. The number of hydrazine groups is 1. The predicted octanol–water partition coefficient (Wildman–Crippen LogP) is 1.39. The van der Waals surface area contributed by atoms with E-state index in [0.29, 0.717) is 0 Å². The minimum atomic E-state index is 0.837. The van der Waals surface area contributed by atoms with Crippen molar-refractivity contribution >= 4 is 0 Å². The van der Waals surface area contributed by atoms with Crippen molar-refractivity contribution in [1.29, 1.82) is 0 Å². The highest BCUT2D eigenvalue weighted by Gasteiger charge is 2.00. The van der Waals surface area contributed by atoms with Crippen LogP contribution < -0.4 is 17.0 Å². The summed E-state index contributed by atoms with van der Waals surface area (Å²) >= 11 is 0. The molecule has 0 aliphatic heterocycles. The van der Waals surface area contributed by atoms with Crippen LogP contribution in [-0.2, 0) is 0 Å². The van der Waals surface area contributed by atoms with Crippen LogP contribution in [0.4, 0.5) is 0 Å². The molecule has 0 aliphatic carbocycles. The highest BCUT2D eigenvalue weighted by atomic mass is 15.2. The molecule has 0 radical (unpaired) electrons. The third-order valence-electron chi connectivity index (χ3n) is 2.42. The fourth-order valence-corrected chi connectivity index (χ4v) is 1.50. The second-order valence-electron chi connectivity index (χ2n) is 3.84. The molecule has 3 nitrogen and oxygen atoms in total. The van der Waals surface area contributed by atoms with Crippen molar-refractivity contribution in [1.82, 2.24) is 5.43 Å². The number of unbranched alkanes of at least 4 members (excludes halogenated alkanes) is 2. The van der Waals surface area contributed by atoms with Crippen LogP contribution in [0.15, 0.2) is 0 Å². The van der Waals surface area contributed by atoms with Crippen molar-refractivity contribution in [3.05, 3.63) is 0 Å². The highest BCUT2D eigenvalue weighted by Crippen LogP contribution is 2.14. The molecule has 1 atom stereocenters. The minimum absolute atomic E-state index is 0.837. The molecule has 80 valence electrons. The first-order valence-electron chi connectivity index (χ1n) is 5.44. The SMILES string of the molecule is CC(CCCCN)CCCCNN. The Bertz CT molecular complexity index is 96.2. The minimum Gasteiger partial charge on any atom is -0.330 e. The lowest BCUT2D eigenvalue weighted by molar-refractivity contribution is 0.443. The van der Waals surface area contributed by atoms with Gasteiger partial charge in [-0.1, -0.05) is 32.6 Å². The Morgan fingerprint density at radius 1 is 1.08 bits per heavy atom. The number of rotatable bonds is 9. The molecule has 0 aromatic rings. The van der Waals surface area contributed by atoms with E-state index in [1.807, 2.05) is 0 Å². The van der Waals surface area contributed by atoms with Gasteiger partial charge >= 0.3 is 0 Å². The van der Waals surface area contributed by atoms with Crippen LogP contribution in [0.5, 0.6) is 0 Å². The molecule has 0 rings (SSSR count). The van der Waals surface area contributed by atoms with Gasteiger partial charge in [0.1, 0.15) is 0 Å². The van der Waals surface area contributed by atoms with Crippen molar-refractivity contribution in [3.8, 4) is 0 Å². The van der Waals surface area contributed by atoms with E-state index in [9.17, 15) is 0 Å². The zero-order valence-corrected chi connectivity index (χ0v) is 8.89. The van der Waals surface area contributed by atoms with Gasteiger partial charge in [0.2, 0.25) is 0 Å². The maximum absolute atomic E-state index is 5.43. The normalized spacial score (nSPS) is 13.2. The average Bonchev–Trinajstić information content (AvgIpc) is 2.13.